The van der Waals surface area contributed by atoms with E-state index in [0.717, 1.165) is 12.0 Å². The fraction of sp³-hybridized carbons (Fsp3) is 0.714. The number of aryl methyl sites for hydroxylation is 2. The third kappa shape index (κ3) is 7.98. The molecular weight excluding hydrogens is 266 g/mol. The topological polar surface area (TPSA) is 3.24 Å². The zero-order valence-corrected chi connectivity index (χ0v) is 15.6. The monoisotopic (exact) mass is 303 g/mol. The van der Waals surface area contributed by atoms with Crippen molar-refractivity contribution in [2.45, 2.75) is 79.2 Å². The van der Waals surface area contributed by atoms with E-state index in [4.69, 9.17) is 0 Å². The van der Waals surface area contributed by atoms with Gasteiger partial charge in [0.2, 0.25) is 0 Å². The summed E-state index contributed by atoms with van der Waals surface area (Å²) in [4.78, 5) is 2.74. The first kappa shape index (κ1) is 19.2. The Hall–Kier alpha value is -0.820. The van der Waals surface area contributed by atoms with Crippen LogP contribution in [0, 0.1) is 19.8 Å². The first-order valence-corrected chi connectivity index (χ1v) is 9.30. The van der Waals surface area contributed by atoms with Crippen molar-refractivity contribution in [1.82, 2.24) is 4.90 Å². The van der Waals surface area contributed by atoms with Crippen molar-refractivity contribution in [2.75, 3.05) is 13.1 Å². The molecule has 0 aromatic heterocycles. The summed E-state index contributed by atoms with van der Waals surface area (Å²) >= 11 is 0. The van der Waals surface area contributed by atoms with Crippen molar-refractivity contribution in [3.05, 3.63) is 35.4 Å². The number of rotatable bonds is 6. The Bertz CT molecular complexity index is 352. The van der Waals surface area contributed by atoms with Crippen LogP contribution in [-0.2, 0) is 0 Å². The van der Waals surface area contributed by atoms with Gasteiger partial charge in [0.1, 0.15) is 0 Å². The normalized spacial score (nSPS) is 15.2. The van der Waals surface area contributed by atoms with Crippen LogP contribution in [0.1, 0.15) is 70.4 Å². The van der Waals surface area contributed by atoms with Gasteiger partial charge in [-0.3, -0.25) is 0 Å². The molecule has 1 aromatic rings. The van der Waals surface area contributed by atoms with Gasteiger partial charge in [0.05, 0.1) is 0 Å². The van der Waals surface area contributed by atoms with Crippen LogP contribution in [0.15, 0.2) is 24.3 Å². The second kappa shape index (κ2) is 10.8. The zero-order valence-electron chi connectivity index (χ0n) is 15.6. The highest BCUT2D eigenvalue weighted by Gasteiger charge is 2.21. The quantitative estimate of drug-likeness (QED) is 0.624. The molecule has 0 bridgehead atoms. The van der Waals surface area contributed by atoms with E-state index in [1.54, 1.807) is 0 Å². The van der Waals surface area contributed by atoms with Crippen LogP contribution in [-0.4, -0.2) is 24.0 Å². The summed E-state index contributed by atoms with van der Waals surface area (Å²) in [5.74, 6) is 0.857. The molecule has 0 radical (unpaired) electrons. The maximum Gasteiger partial charge on any atom is 0.00952 e. The summed E-state index contributed by atoms with van der Waals surface area (Å²) in [7, 11) is 0. The Morgan fingerprint density at radius 3 is 1.86 bits per heavy atom. The van der Waals surface area contributed by atoms with E-state index in [0.29, 0.717) is 0 Å². The number of benzene rings is 1. The van der Waals surface area contributed by atoms with E-state index in [1.807, 2.05) is 0 Å². The molecule has 1 aromatic carbocycles. The standard InChI is InChI=1S/C13H27N.C8H10/c1-4-10-14(11-9-12(2)3)13-7-5-6-8-13;1-7-3-5-8(2)6-4-7/h12-13H,4-11H2,1-3H3;3-6H,1-2H3. The van der Waals surface area contributed by atoms with Crippen molar-refractivity contribution in [1.29, 1.82) is 0 Å². The predicted octanol–water partition coefficient (Wildman–Crippen LogP) is 5.99. The van der Waals surface area contributed by atoms with E-state index in [-0.39, 0.29) is 0 Å². The highest BCUT2D eigenvalue weighted by atomic mass is 15.1. The summed E-state index contributed by atoms with van der Waals surface area (Å²) in [5, 5.41) is 0. The van der Waals surface area contributed by atoms with Crippen molar-refractivity contribution in [3.63, 3.8) is 0 Å². The second-order valence-corrected chi connectivity index (χ2v) is 7.31. The maximum atomic E-state index is 2.74. The Morgan fingerprint density at radius 2 is 1.45 bits per heavy atom. The first-order chi connectivity index (χ1) is 10.5. The summed E-state index contributed by atoms with van der Waals surface area (Å²) < 4.78 is 0. The van der Waals surface area contributed by atoms with Crippen molar-refractivity contribution in [2.24, 2.45) is 5.92 Å². The fourth-order valence-corrected chi connectivity index (χ4v) is 3.09. The smallest absolute Gasteiger partial charge is 0.00952 e. The Labute approximate surface area is 139 Å². The highest BCUT2D eigenvalue weighted by molar-refractivity contribution is 5.19. The van der Waals surface area contributed by atoms with Crippen molar-refractivity contribution < 1.29 is 0 Å². The summed E-state index contributed by atoms with van der Waals surface area (Å²) in [6, 6.07) is 9.41. The number of hydrogen-bond donors (Lipinski definition) is 0. The van der Waals surface area contributed by atoms with Crippen molar-refractivity contribution in [3.8, 4) is 0 Å². The van der Waals surface area contributed by atoms with Gasteiger partial charge in [-0.25, -0.2) is 0 Å². The van der Waals surface area contributed by atoms with E-state index >= 15 is 0 Å². The maximum absolute atomic E-state index is 2.74. The molecule has 0 heterocycles. The molecular formula is C21H37N. The lowest BCUT2D eigenvalue weighted by atomic mass is 10.1. The lowest BCUT2D eigenvalue weighted by molar-refractivity contribution is 0.188. The molecule has 0 saturated heterocycles. The molecule has 0 atom stereocenters. The van der Waals surface area contributed by atoms with Gasteiger partial charge in [-0.15, -0.1) is 0 Å². The minimum Gasteiger partial charge on any atom is -0.300 e. The molecule has 1 nitrogen and oxygen atoms in total. The molecule has 1 heteroatoms. The highest BCUT2D eigenvalue weighted by Crippen LogP contribution is 2.24. The van der Waals surface area contributed by atoms with E-state index in [1.165, 1.54) is 62.7 Å². The van der Waals surface area contributed by atoms with Gasteiger partial charge in [0, 0.05) is 6.04 Å². The largest absolute Gasteiger partial charge is 0.300 e. The third-order valence-corrected chi connectivity index (χ3v) is 4.56. The molecule has 1 aliphatic rings. The van der Waals surface area contributed by atoms with Gasteiger partial charge in [-0.2, -0.15) is 0 Å². The van der Waals surface area contributed by atoms with Gasteiger partial charge in [0.15, 0.2) is 0 Å². The van der Waals surface area contributed by atoms with Crippen LogP contribution in [0.4, 0.5) is 0 Å². The van der Waals surface area contributed by atoms with Gasteiger partial charge >= 0.3 is 0 Å². The molecule has 0 unspecified atom stereocenters. The van der Waals surface area contributed by atoms with Crippen molar-refractivity contribution >= 4 is 0 Å². The number of hydrogen-bond acceptors (Lipinski definition) is 1. The molecule has 2 rings (SSSR count). The molecule has 126 valence electrons. The summed E-state index contributed by atoms with van der Waals surface area (Å²) in [6.07, 6.45) is 8.53. The second-order valence-electron chi connectivity index (χ2n) is 7.31. The molecule has 0 spiro atoms. The zero-order chi connectivity index (χ0) is 16.4. The molecule has 0 amide bonds. The average Bonchev–Trinajstić information content (AvgIpc) is 3.01. The lowest BCUT2D eigenvalue weighted by Crippen LogP contribution is -2.35. The van der Waals surface area contributed by atoms with E-state index in [2.05, 4.69) is 63.8 Å². The predicted molar refractivity (Wildman–Crippen MR) is 99.5 cm³/mol. The Morgan fingerprint density at radius 1 is 0.955 bits per heavy atom. The average molecular weight is 304 g/mol. The summed E-state index contributed by atoms with van der Waals surface area (Å²) in [5.41, 5.74) is 2.66. The van der Waals surface area contributed by atoms with Gasteiger partial charge < -0.3 is 4.90 Å². The molecule has 0 aliphatic heterocycles. The lowest BCUT2D eigenvalue weighted by Gasteiger charge is -2.29. The molecule has 1 aliphatic carbocycles. The summed E-state index contributed by atoms with van der Waals surface area (Å²) in [6.45, 7) is 13.8. The molecule has 1 fully saturated rings. The van der Waals surface area contributed by atoms with Gasteiger partial charge in [-0.1, -0.05) is 69.0 Å². The first-order valence-electron chi connectivity index (χ1n) is 9.30. The van der Waals surface area contributed by atoms with Crippen LogP contribution in [0.3, 0.4) is 0 Å². The van der Waals surface area contributed by atoms with Crippen LogP contribution in [0.2, 0.25) is 0 Å². The molecule has 1 saturated carbocycles. The SMILES string of the molecule is CCCN(CCC(C)C)C1CCCC1.Cc1ccc(C)cc1. The van der Waals surface area contributed by atoms with Gasteiger partial charge in [-0.05, 0) is 58.5 Å². The van der Waals surface area contributed by atoms with Crippen LogP contribution in [0.25, 0.3) is 0 Å². The fourth-order valence-electron chi connectivity index (χ4n) is 3.09. The van der Waals surface area contributed by atoms with Crippen LogP contribution >= 0.6 is 0 Å². The van der Waals surface area contributed by atoms with E-state index < -0.39 is 0 Å². The van der Waals surface area contributed by atoms with Crippen LogP contribution < -0.4 is 0 Å². The van der Waals surface area contributed by atoms with Crippen LogP contribution in [0.5, 0.6) is 0 Å². The molecule has 22 heavy (non-hydrogen) atoms. The molecule has 0 N–H and O–H groups in total. The van der Waals surface area contributed by atoms with Gasteiger partial charge in [0.25, 0.3) is 0 Å². The van der Waals surface area contributed by atoms with E-state index in [9.17, 15) is 0 Å². The number of nitrogens with zero attached hydrogens (tertiary/aromatic N) is 1. The minimum atomic E-state index is 0.857. The Kier molecular flexibility index (Phi) is 9.47. The third-order valence-electron chi connectivity index (χ3n) is 4.56. The Balaban J connectivity index is 0.000000255. The minimum absolute atomic E-state index is 0.857.